The SMILES string of the molecule is COB(OC)C(C)(C)C(C)C. The summed E-state index contributed by atoms with van der Waals surface area (Å²) < 4.78 is 10.4. The van der Waals surface area contributed by atoms with E-state index in [9.17, 15) is 0 Å². The number of hydrogen-bond acceptors (Lipinski definition) is 2. The van der Waals surface area contributed by atoms with Gasteiger partial charge in [-0.1, -0.05) is 27.7 Å². The normalized spacial score (nSPS) is 12.3. The van der Waals surface area contributed by atoms with Crippen LogP contribution < -0.4 is 0 Å². The topological polar surface area (TPSA) is 18.5 Å². The van der Waals surface area contributed by atoms with Crippen LogP contribution in [0.1, 0.15) is 27.7 Å². The van der Waals surface area contributed by atoms with Crippen molar-refractivity contribution in [2.45, 2.75) is 33.0 Å². The predicted octanol–water partition coefficient (Wildman–Crippen LogP) is 2.20. The third-order valence-corrected chi connectivity index (χ3v) is 2.52. The van der Waals surface area contributed by atoms with E-state index in [-0.39, 0.29) is 12.4 Å². The summed E-state index contributed by atoms with van der Waals surface area (Å²) in [5.74, 6) is 0.549. The van der Waals surface area contributed by atoms with Crippen molar-refractivity contribution >= 4 is 7.12 Å². The van der Waals surface area contributed by atoms with E-state index in [0.29, 0.717) is 5.92 Å². The zero-order valence-corrected chi connectivity index (χ0v) is 8.47. The van der Waals surface area contributed by atoms with E-state index in [4.69, 9.17) is 9.31 Å². The van der Waals surface area contributed by atoms with Crippen molar-refractivity contribution in [3.05, 3.63) is 0 Å². The van der Waals surface area contributed by atoms with Crippen molar-refractivity contribution in [1.29, 1.82) is 0 Å². The van der Waals surface area contributed by atoms with E-state index in [1.165, 1.54) is 0 Å². The summed E-state index contributed by atoms with van der Waals surface area (Å²) in [6, 6.07) is 0. The molecule has 0 fully saturated rings. The van der Waals surface area contributed by atoms with Gasteiger partial charge in [-0.15, -0.1) is 0 Å². The van der Waals surface area contributed by atoms with Gasteiger partial charge in [0.15, 0.2) is 0 Å². The molecule has 0 aliphatic rings. The van der Waals surface area contributed by atoms with Gasteiger partial charge >= 0.3 is 7.12 Å². The maximum Gasteiger partial charge on any atom is 0.462 e. The smallest absolute Gasteiger partial charge is 0.414 e. The first kappa shape index (κ1) is 11.0. The van der Waals surface area contributed by atoms with Gasteiger partial charge < -0.3 is 9.31 Å². The summed E-state index contributed by atoms with van der Waals surface area (Å²) in [6.45, 7) is 8.64. The molecule has 11 heavy (non-hydrogen) atoms. The highest BCUT2D eigenvalue weighted by atomic mass is 16.6. The summed E-state index contributed by atoms with van der Waals surface area (Å²) in [5, 5.41) is 0.0729. The van der Waals surface area contributed by atoms with E-state index >= 15 is 0 Å². The summed E-state index contributed by atoms with van der Waals surface area (Å²) in [6.07, 6.45) is 0. The Bertz CT molecular complexity index is 109. The monoisotopic (exact) mass is 158 g/mol. The third-order valence-electron chi connectivity index (χ3n) is 2.52. The highest BCUT2D eigenvalue weighted by Gasteiger charge is 2.38. The Morgan fingerprint density at radius 1 is 1.09 bits per heavy atom. The van der Waals surface area contributed by atoms with Crippen LogP contribution in [0.2, 0.25) is 5.31 Å². The van der Waals surface area contributed by atoms with Gasteiger partial charge in [0, 0.05) is 19.5 Å². The molecule has 0 saturated carbocycles. The fraction of sp³-hybridized carbons (Fsp3) is 1.00. The highest BCUT2D eigenvalue weighted by Crippen LogP contribution is 2.37. The van der Waals surface area contributed by atoms with Gasteiger partial charge in [0.2, 0.25) is 0 Å². The Hall–Kier alpha value is -0.0151. The van der Waals surface area contributed by atoms with Crippen LogP contribution in [0.4, 0.5) is 0 Å². The van der Waals surface area contributed by atoms with Crippen molar-refractivity contribution < 1.29 is 9.31 Å². The van der Waals surface area contributed by atoms with Crippen molar-refractivity contribution in [2.24, 2.45) is 5.92 Å². The molecule has 0 radical (unpaired) electrons. The van der Waals surface area contributed by atoms with Crippen LogP contribution in [-0.4, -0.2) is 21.3 Å². The van der Waals surface area contributed by atoms with Crippen LogP contribution in [0.5, 0.6) is 0 Å². The molecular weight excluding hydrogens is 139 g/mol. The lowest BCUT2D eigenvalue weighted by Crippen LogP contribution is -2.36. The van der Waals surface area contributed by atoms with E-state index in [0.717, 1.165) is 0 Å². The Morgan fingerprint density at radius 3 is 1.55 bits per heavy atom. The lowest BCUT2D eigenvalue weighted by atomic mass is 9.54. The van der Waals surface area contributed by atoms with E-state index < -0.39 is 0 Å². The maximum atomic E-state index is 5.20. The second-order valence-corrected chi connectivity index (χ2v) is 3.78. The Balaban J connectivity index is 4.24. The van der Waals surface area contributed by atoms with Gasteiger partial charge in [-0.3, -0.25) is 0 Å². The van der Waals surface area contributed by atoms with Crippen LogP contribution in [0, 0.1) is 5.92 Å². The first-order valence-electron chi connectivity index (χ1n) is 4.02. The van der Waals surface area contributed by atoms with Crippen LogP contribution in [0.25, 0.3) is 0 Å². The number of hydrogen-bond donors (Lipinski definition) is 0. The van der Waals surface area contributed by atoms with Crippen molar-refractivity contribution in [1.82, 2.24) is 0 Å². The summed E-state index contributed by atoms with van der Waals surface area (Å²) in [4.78, 5) is 0. The molecule has 0 aromatic heterocycles. The minimum absolute atomic E-state index is 0.0729. The minimum Gasteiger partial charge on any atom is -0.414 e. The molecule has 0 rings (SSSR count). The molecule has 66 valence electrons. The van der Waals surface area contributed by atoms with Gasteiger partial charge in [-0.2, -0.15) is 0 Å². The van der Waals surface area contributed by atoms with Crippen LogP contribution in [0.15, 0.2) is 0 Å². The van der Waals surface area contributed by atoms with Crippen LogP contribution in [-0.2, 0) is 9.31 Å². The standard InChI is InChI=1S/C8H19BO2/c1-7(2)8(3,4)9(10-5)11-6/h7H,1-6H3. The first-order chi connectivity index (χ1) is 4.96. The van der Waals surface area contributed by atoms with Gasteiger partial charge in [-0.05, 0) is 5.92 Å². The highest BCUT2D eigenvalue weighted by molar-refractivity contribution is 6.48. The second-order valence-electron chi connectivity index (χ2n) is 3.78. The van der Waals surface area contributed by atoms with Crippen LogP contribution >= 0.6 is 0 Å². The molecule has 0 atom stereocenters. The lowest BCUT2D eigenvalue weighted by Gasteiger charge is -2.31. The Morgan fingerprint density at radius 2 is 1.45 bits per heavy atom. The van der Waals surface area contributed by atoms with Gasteiger partial charge in [0.1, 0.15) is 0 Å². The van der Waals surface area contributed by atoms with Gasteiger partial charge in [0.05, 0.1) is 0 Å². The molecule has 0 bridgehead atoms. The zero-order valence-electron chi connectivity index (χ0n) is 8.47. The van der Waals surface area contributed by atoms with E-state index in [2.05, 4.69) is 27.7 Å². The molecular formula is C8H19BO2. The molecule has 0 saturated heterocycles. The average Bonchev–Trinajstić information content (AvgIpc) is 1.89. The minimum atomic E-state index is -0.109. The molecule has 0 aliphatic heterocycles. The largest absolute Gasteiger partial charge is 0.462 e. The third kappa shape index (κ3) is 2.49. The number of rotatable bonds is 4. The predicted molar refractivity (Wildman–Crippen MR) is 48.7 cm³/mol. The van der Waals surface area contributed by atoms with Crippen LogP contribution in [0.3, 0.4) is 0 Å². The Labute approximate surface area is 70.4 Å². The van der Waals surface area contributed by atoms with Gasteiger partial charge in [0.25, 0.3) is 0 Å². The second kappa shape index (κ2) is 4.12. The summed E-state index contributed by atoms with van der Waals surface area (Å²) >= 11 is 0. The molecule has 0 spiro atoms. The average molecular weight is 158 g/mol. The fourth-order valence-electron chi connectivity index (χ4n) is 0.976. The molecule has 3 heteroatoms. The first-order valence-corrected chi connectivity index (χ1v) is 4.02. The zero-order chi connectivity index (χ0) is 9.07. The molecule has 0 unspecified atom stereocenters. The van der Waals surface area contributed by atoms with Crippen molar-refractivity contribution in [3.8, 4) is 0 Å². The molecule has 0 heterocycles. The quantitative estimate of drug-likeness (QED) is 0.584. The van der Waals surface area contributed by atoms with E-state index in [1.54, 1.807) is 14.2 Å². The fourth-order valence-corrected chi connectivity index (χ4v) is 0.976. The van der Waals surface area contributed by atoms with E-state index in [1.807, 2.05) is 0 Å². The molecule has 0 amide bonds. The summed E-state index contributed by atoms with van der Waals surface area (Å²) in [5.41, 5.74) is 0. The Kier molecular flexibility index (Phi) is 4.12. The maximum absolute atomic E-state index is 5.20. The molecule has 0 aliphatic carbocycles. The van der Waals surface area contributed by atoms with Gasteiger partial charge in [-0.25, -0.2) is 0 Å². The molecule has 0 aromatic rings. The van der Waals surface area contributed by atoms with Crippen molar-refractivity contribution in [2.75, 3.05) is 14.2 Å². The van der Waals surface area contributed by atoms with Crippen molar-refractivity contribution in [3.63, 3.8) is 0 Å². The lowest BCUT2D eigenvalue weighted by molar-refractivity contribution is 0.228. The summed E-state index contributed by atoms with van der Waals surface area (Å²) in [7, 11) is 3.25. The molecule has 0 aromatic carbocycles. The molecule has 2 nitrogen and oxygen atoms in total. The molecule has 0 N–H and O–H groups in total.